The zero-order valence-corrected chi connectivity index (χ0v) is 12.8. The predicted octanol–water partition coefficient (Wildman–Crippen LogP) is 2.93. The Balaban J connectivity index is 2.22. The second-order valence-corrected chi connectivity index (χ2v) is 5.33. The lowest BCUT2D eigenvalue weighted by Crippen LogP contribution is -2.16. The van der Waals surface area contributed by atoms with E-state index in [4.69, 9.17) is 9.15 Å². The van der Waals surface area contributed by atoms with Gasteiger partial charge in [0, 0.05) is 12.5 Å². The van der Waals surface area contributed by atoms with Crippen molar-refractivity contribution >= 4 is 33.6 Å². The molecule has 3 rings (SSSR count). The van der Waals surface area contributed by atoms with E-state index >= 15 is 0 Å². The van der Waals surface area contributed by atoms with Crippen molar-refractivity contribution in [2.45, 2.75) is 6.61 Å². The smallest absolute Gasteiger partial charge is 0.264 e. The van der Waals surface area contributed by atoms with Crippen molar-refractivity contribution < 1.29 is 9.15 Å². The summed E-state index contributed by atoms with van der Waals surface area (Å²) in [5.74, 6) is 0.493. The standard InChI is InChI=1S/C14H11IN2O3/c1-19-7-10-12(15)14(18)17-13(16-10)9-6-20-11-5-3-2-4-8(9)11/h2-6H,7H2,1H3,(H,16,17,18). The summed E-state index contributed by atoms with van der Waals surface area (Å²) in [5, 5.41) is 0.917. The van der Waals surface area contributed by atoms with E-state index in [-0.39, 0.29) is 5.56 Å². The van der Waals surface area contributed by atoms with Crippen LogP contribution in [0.25, 0.3) is 22.4 Å². The number of methoxy groups -OCH3 is 1. The molecular weight excluding hydrogens is 371 g/mol. The minimum absolute atomic E-state index is 0.173. The Bertz CT molecular complexity index is 823. The molecule has 0 fully saturated rings. The number of fused-ring (bicyclic) bond motifs is 1. The summed E-state index contributed by atoms with van der Waals surface area (Å²) in [5.41, 5.74) is 1.98. The summed E-state index contributed by atoms with van der Waals surface area (Å²) in [7, 11) is 1.58. The van der Waals surface area contributed by atoms with Crippen LogP contribution in [0, 0.1) is 3.57 Å². The summed E-state index contributed by atoms with van der Waals surface area (Å²) < 4.78 is 11.1. The van der Waals surface area contributed by atoms with Crippen molar-refractivity contribution in [3.63, 3.8) is 0 Å². The molecule has 6 heteroatoms. The summed E-state index contributed by atoms with van der Waals surface area (Å²) in [6.45, 7) is 0.297. The fourth-order valence-electron chi connectivity index (χ4n) is 2.03. The first-order valence-electron chi connectivity index (χ1n) is 5.95. The van der Waals surface area contributed by atoms with Gasteiger partial charge in [0.05, 0.1) is 17.9 Å². The van der Waals surface area contributed by atoms with Gasteiger partial charge in [-0.15, -0.1) is 0 Å². The monoisotopic (exact) mass is 382 g/mol. The van der Waals surface area contributed by atoms with E-state index in [2.05, 4.69) is 9.97 Å². The van der Waals surface area contributed by atoms with E-state index in [1.54, 1.807) is 13.4 Å². The highest BCUT2D eigenvalue weighted by molar-refractivity contribution is 14.1. The maximum absolute atomic E-state index is 12.0. The molecule has 0 saturated heterocycles. The van der Waals surface area contributed by atoms with Gasteiger partial charge in [-0.25, -0.2) is 4.98 Å². The number of furan rings is 1. The lowest BCUT2D eigenvalue weighted by atomic mass is 10.1. The van der Waals surface area contributed by atoms with Crippen molar-refractivity contribution in [1.82, 2.24) is 9.97 Å². The molecule has 0 radical (unpaired) electrons. The van der Waals surface area contributed by atoms with Crippen LogP contribution < -0.4 is 5.56 Å². The van der Waals surface area contributed by atoms with Crippen molar-refractivity contribution in [2.24, 2.45) is 0 Å². The Labute approximate surface area is 128 Å². The maximum Gasteiger partial charge on any atom is 0.264 e. The maximum atomic E-state index is 12.0. The van der Waals surface area contributed by atoms with Crippen LogP contribution in [0.2, 0.25) is 0 Å². The first-order chi connectivity index (χ1) is 9.70. The fraction of sp³-hybridized carbons (Fsp3) is 0.143. The zero-order valence-electron chi connectivity index (χ0n) is 10.6. The lowest BCUT2D eigenvalue weighted by Gasteiger charge is -2.05. The number of aromatic nitrogens is 2. The number of ether oxygens (including phenoxy) is 1. The lowest BCUT2D eigenvalue weighted by molar-refractivity contribution is 0.180. The van der Waals surface area contributed by atoms with Crippen LogP contribution in [-0.4, -0.2) is 17.1 Å². The highest BCUT2D eigenvalue weighted by Gasteiger charge is 2.14. The van der Waals surface area contributed by atoms with Crippen LogP contribution in [0.15, 0.2) is 39.7 Å². The summed E-state index contributed by atoms with van der Waals surface area (Å²) in [6.07, 6.45) is 1.60. The highest BCUT2D eigenvalue weighted by Crippen LogP contribution is 2.28. The van der Waals surface area contributed by atoms with E-state index in [1.165, 1.54) is 0 Å². The third kappa shape index (κ3) is 2.25. The van der Waals surface area contributed by atoms with Crippen molar-refractivity contribution in [3.8, 4) is 11.4 Å². The van der Waals surface area contributed by atoms with Crippen LogP contribution in [0.5, 0.6) is 0 Å². The van der Waals surface area contributed by atoms with E-state index in [9.17, 15) is 4.79 Å². The molecule has 5 nitrogen and oxygen atoms in total. The number of hydrogen-bond acceptors (Lipinski definition) is 4. The number of hydrogen-bond donors (Lipinski definition) is 1. The molecule has 0 amide bonds. The molecule has 2 aromatic heterocycles. The third-order valence-corrected chi connectivity index (χ3v) is 4.06. The number of aromatic amines is 1. The number of nitrogens with zero attached hydrogens (tertiary/aromatic N) is 1. The van der Waals surface area contributed by atoms with Crippen molar-refractivity contribution in [2.75, 3.05) is 7.11 Å². The van der Waals surface area contributed by atoms with Gasteiger partial charge in [-0.3, -0.25) is 4.79 Å². The van der Waals surface area contributed by atoms with E-state index in [0.717, 1.165) is 16.5 Å². The number of para-hydroxylation sites is 1. The molecule has 0 aliphatic heterocycles. The minimum atomic E-state index is -0.173. The normalized spacial score (nSPS) is 11.1. The Morgan fingerprint density at radius 3 is 3.00 bits per heavy atom. The Morgan fingerprint density at radius 1 is 1.40 bits per heavy atom. The van der Waals surface area contributed by atoms with Gasteiger partial charge in [0.15, 0.2) is 0 Å². The topological polar surface area (TPSA) is 68.1 Å². The van der Waals surface area contributed by atoms with Crippen LogP contribution in [0.1, 0.15) is 5.69 Å². The molecule has 0 saturated carbocycles. The second-order valence-electron chi connectivity index (χ2n) is 4.25. The van der Waals surface area contributed by atoms with E-state index < -0.39 is 0 Å². The molecule has 1 aromatic carbocycles. The van der Waals surface area contributed by atoms with Crippen molar-refractivity contribution in [1.29, 1.82) is 0 Å². The summed E-state index contributed by atoms with van der Waals surface area (Å²) in [6, 6.07) is 7.63. The Hall–Kier alpha value is -1.67. The van der Waals surface area contributed by atoms with Crippen LogP contribution >= 0.6 is 22.6 Å². The Morgan fingerprint density at radius 2 is 2.20 bits per heavy atom. The van der Waals surface area contributed by atoms with Crippen LogP contribution in [0.4, 0.5) is 0 Å². The van der Waals surface area contributed by atoms with Gasteiger partial charge in [0.1, 0.15) is 21.2 Å². The molecule has 2 heterocycles. The largest absolute Gasteiger partial charge is 0.464 e. The summed E-state index contributed by atoms with van der Waals surface area (Å²) >= 11 is 1.97. The van der Waals surface area contributed by atoms with Gasteiger partial charge >= 0.3 is 0 Å². The number of benzene rings is 1. The molecule has 0 unspecified atom stereocenters. The molecule has 0 aliphatic rings. The number of halogens is 1. The Kier molecular flexibility index (Phi) is 3.58. The number of H-pyrrole nitrogens is 1. The second kappa shape index (κ2) is 5.37. The van der Waals surface area contributed by atoms with Crippen LogP contribution in [0.3, 0.4) is 0 Å². The third-order valence-electron chi connectivity index (χ3n) is 2.95. The quantitative estimate of drug-likeness (QED) is 0.708. The molecule has 0 atom stereocenters. The van der Waals surface area contributed by atoms with Gasteiger partial charge in [0.25, 0.3) is 5.56 Å². The first kappa shape index (κ1) is 13.3. The minimum Gasteiger partial charge on any atom is -0.464 e. The van der Waals surface area contributed by atoms with Crippen molar-refractivity contribution in [3.05, 3.63) is 50.1 Å². The molecule has 1 N–H and O–H groups in total. The SMILES string of the molecule is COCc1nc(-c2coc3ccccc23)[nH]c(=O)c1I. The van der Waals surface area contributed by atoms with Gasteiger partial charge < -0.3 is 14.1 Å². The van der Waals surface area contributed by atoms with Gasteiger partial charge in [0.2, 0.25) is 0 Å². The first-order valence-corrected chi connectivity index (χ1v) is 7.03. The number of rotatable bonds is 3. The molecular formula is C14H11IN2O3. The zero-order chi connectivity index (χ0) is 14.1. The average Bonchev–Trinajstić information content (AvgIpc) is 2.88. The van der Waals surface area contributed by atoms with E-state index in [0.29, 0.717) is 21.7 Å². The molecule has 0 spiro atoms. The molecule has 20 heavy (non-hydrogen) atoms. The number of nitrogens with one attached hydrogen (secondary N) is 1. The predicted molar refractivity (Wildman–Crippen MR) is 83.5 cm³/mol. The van der Waals surface area contributed by atoms with Gasteiger partial charge in [-0.1, -0.05) is 18.2 Å². The molecule has 3 aromatic rings. The summed E-state index contributed by atoms with van der Waals surface area (Å²) in [4.78, 5) is 19.2. The van der Waals surface area contributed by atoms with Gasteiger partial charge in [-0.2, -0.15) is 0 Å². The van der Waals surface area contributed by atoms with E-state index in [1.807, 2.05) is 46.9 Å². The molecule has 0 aliphatic carbocycles. The van der Waals surface area contributed by atoms with Crippen LogP contribution in [-0.2, 0) is 11.3 Å². The highest BCUT2D eigenvalue weighted by atomic mass is 127. The fourth-order valence-corrected chi connectivity index (χ4v) is 2.44. The molecule has 0 bridgehead atoms. The average molecular weight is 382 g/mol. The molecule has 102 valence electrons. The van der Waals surface area contributed by atoms with Gasteiger partial charge in [-0.05, 0) is 28.7 Å².